The lowest BCUT2D eigenvalue weighted by Crippen LogP contribution is -2.38. The van der Waals surface area contributed by atoms with Gasteiger partial charge in [0.1, 0.15) is 0 Å². The molecule has 2 atom stereocenters. The predicted molar refractivity (Wildman–Crippen MR) is 70.2 cm³/mol. The first-order valence-corrected chi connectivity index (χ1v) is 6.79. The average Bonchev–Trinajstić information content (AvgIpc) is 2.96. The number of likely N-dealkylation sites (tertiary alicyclic amines) is 1. The van der Waals surface area contributed by atoms with Crippen LogP contribution in [0.25, 0.3) is 11.6 Å². The van der Waals surface area contributed by atoms with Gasteiger partial charge in [0.15, 0.2) is 5.76 Å². The summed E-state index contributed by atoms with van der Waals surface area (Å²) < 4.78 is 10.6. The number of aromatic nitrogens is 2. The Morgan fingerprint density at radius 1 is 1.32 bits per heavy atom. The molecule has 0 amide bonds. The van der Waals surface area contributed by atoms with Crippen LogP contribution in [-0.2, 0) is 6.54 Å². The zero-order chi connectivity index (χ0) is 13.2. The van der Waals surface area contributed by atoms with Gasteiger partial charge in [-0.2, -0.15) is 4.98 Å². The van der Waals surface area contributed by atoms with E-state index in [9.17, 15) is 0 Å². The van der Waals surface area contributed by atoms with Gasteiger partial charge in [0.05, 0.1) is 12.8 Å². The smallest absolute Gasteiger partial charge is 0.241 e. The highest BCUT2D eigenvalue weighted by atomic mass is 16.5. The number of hydrogen-bond acceptors (Lipinski definition) is 5. The molecule has 1 fully saturated rings. The van der Waals surface area contributed by atoms with Gasteiger partial charge < -0.3 is 8.94 Å². The molecule has 5 heteroatoms. The van der Waals surface area contributed by atoms with Crippen molar-refractivity contribution in [2.24, 2.45) is 11.8 Å². The van der Waals surface area contributed by atoms with E-state index in [4.69, 9.17) is 8.94 Å². The molecule has 19 heavy (non-hydrogen) atoms. The largest absolute Gasteiger partial charge is 0.461 e. The molecule has 0 N–H and O–H groups in total. The van der Waals surface area contributed by atoms with E-state index in [-0.39, 0.29) is 0 Å². The molecule has 3 heterocycles. The molecule has 0 aliphatic carbocycles. The summed E-state index contributed by atoms with van der Waals surface area (Å²) in [5.74, 6) is 3.30. The second kappa shape index (κ2) is 5.17. The van der Waals surface area contributed by atoms with Crippen molar-refractivity contribution in [3.05, 3.63) is 24.3 Å². The van der Waals surface area contributed by atoms with Crippen molar-refractivity contribution in [3.8, 4) is 11.6 Å². The lowest BCUT2D eigenvalue weighted by molar-refractivity contribution is 0.121. The third-order valence-electron chi connectivity index (χ3n) is 3.51. The van der Waals surface area contributed by atoms with Crippen LogP contribution < -0.4 is 0 Å². The van der Waals surface area contributed by atoms with E-state index in [1.165, 1.54) is 6.42 Å². The summed E-state index contributed by atoms with van der Waals surface area (Å²) >= 11 is 0. The van der Waals surface area contributed by atoms with Gasteiger partial charge in [-0.25, -0.2) is 0 Å². The fraction of sp³-hybridized carbons (Fsp3) is 0.571. The molecule has 0 bridgehead atoms. The molecule has 0 radical (unpaired) electrons. The first-order valence-electron chi connectivity index (χ1n) is 6.79. The minimum Gasteiger partial charge on any atom is -0.461 e. The van der Waals surface area contributed by atoms with E-state index < -0.39 is 0 Å². The van der Waals surface area contributed by atoms with E-state index in [0.717, 1.165) is 31.5 Å². The van der Waals surface area contributed by atoms with Crippen molar-refractivity contribution in [2.75, 3.05) is 13.1 Å². The molecule has 1 saturated heterocycles. The molecule has 102 valence electrons. The van der Waals surface area contributed by atoms with E-state index in [0.29, 0.717) is 17.5 Å². The third-order valence-corrected chi connectivity index (χ3v) is 3.51. The first-order chi connectivity index (χ1) is 9.20. The second-order valence-corrected chi connectivity index (χ2v) is 5.63. The second-order valence-electron chi connectivity index (χ2n) is 5.63. The molecular formula is C14H19N3O2. The highest BCUT2D eigenvalue weighted by Crippen LogP contribution is 2.23. The normalized spacial score (nSPS) is 24.7. The minimum atomic E-state index is 0.526. The van der Waals surface area contributed by atoms with Gasteiger partial charge in [-0.05, 0) is 30.4 Å². The number of piperidine rings is 1. The van der Waals surface area contributed by atoms with Gasteiger partial charge in [-0.1, -0.05) is 19.0 Å². The van der Waals surface area contributed by atoms with E-state index in [1.54, 1.807) is 6.26 Å². The van der Waals surface area contributed by atoms with E-state index >= 15 is 0 Å². The highest BCUT2D eigenvalue weighted by molar-refractivity contribution is 5.44. The summed E-state index contributed by atoms with van der Waals surface area (Å²) in [5.41, 5.74) is 0. The number of rotatable bonds is 3. The van der Waals surface area contributed by atoms with E-state index in [1.807, 2.05) is 12.1 Å². The Balaban J connectivity index is 1.67. The van der Waals surface area contributed by atoms with Crippen LogP contribution in [0.15, 0.2) is 27.3 Å². The van der Waals surface area contributed by atoms with Gasteiger partial charge in [0.25, 0.3) is 0 Å². The minimum absolute atomic E-state index is 0.526. The van der Waals surface area contributed by atoms with Gasteiger partial charge in [-0.3, -0.25) is 4.90 Å². The van der Waals surface area contributed by atoms with Crippen LogP contribution in [-0.4, -0.2) is 28.1 Å². The van der Waals surface area contributed by atoms with Crippen LogP contribution in [0.1, 0.15) is 26.2 Å². The van der Waals surface area contributed by atoms with Crippen LogP contribution in [0.5, 0.6) is 0 Å². The molecule has 3 rings (SSSR count). The van der Waals surface area contributed by atoms with Crippen molar-refractivity contribution in [1.82, 2.24) is 15.0 Å². The maximum Gasteiger partial charge on any atom is 0.241 e. The Labute approximate surface area is 112 Å². The molecule has 2 aromatic rings. The quantitative estimate of drug-likeness (QED) is 0.850. The Kier molecular flexibility index (Phi) is 3.38. The standard InChI is InChI=1S/C14H19N3O2/c1-10-6-11(2)8-17(7-10)9-13-15-14(16-19-13)12-4-3-5-18-12/h3-5,10-11H,6-9H2,1-2H3. The monoisotopic (exact) mass is 261 g/mol. The first kappa shape index (κ1) is 12.4. The third kappa shape index (κ3) is 2.87. The van der Waals surface area contributed by atoms with Gasteiger partial charge in [-0.15, -0.1) is 0 Å². The maximum absolute atomic E-state index is 5.30. The van der Waals surface area contributed by atoms with Crippen LogP contribution >= 0.6 is 0 Å². The Morgan fingerprint density at radius 2 is 2.11 bits per heavy atom. The fourth-order valence-corrected chi connectivity index (χ4v) is 2.94. The molecule has 5 nitrogen and oxygen atoms in total. The lowest BCUT2D eigenvalue weighted by atomic mass is 9.92. The molecule has 0 saturated carbocycles. The van der Waals surface area contributed by atoms with Gasteiger partial charge in [0, 0.05) is 13.1 Å². The zero-order valence-electron chi connectivity index (χ0n) is 11.4. The molecular weight excluding hydrogens is 242 g/mol. The Hall–Kier alpha value is -1.62. The van der Waals surface area contributed by atoms with Gasteiger partial charge >= 0.3 is 0 Å². The lowest BCUT2D eigenvalue weighted by Gasteiger charge is -2.33. The fourth-order valence-electron chi connectivity index (χ4n) is 2.94. The van der Waals surface area contributed by atoms with E-state index in [2.05, 4.69) is 28.9 Å². The summed E-state index contributed by atoms with van der Waals surface area (Å²) in [5, 5.41) is 3.96. The molecule has 1 aliphatic rings. The zero-order valence-corrected chi connectivity index (χ0v) is 11.4. The SMILES string of the molecule is CC1CC(C)CN(Cc2nc(-c3ccco3)no2)C1. The highest BCUT2D eigenvalue weighted by Gasteiger charge is 2.23. The summed E-state index contributed by atoms with van der Waals surface area (Å²) in [6, 6.07) is 3.65. The van der Waals surface area contributed by atoms with Crippen molar-refractivity contribution in [1.29, 1.82) is 0 Å². The van der Waals surface area contributed by atoms with Crippen molar-refractivity contribution in [2.45, 2.75) is 26.8 Å². The topological polar surface area (TPSA) is 55.3 Å². The van der Waals surface area contributed by atoms with Crippen molar-refractivity contribution < 1.29 is 8.94 Å². The summed E-state index contributed by atoms with van der Waals surface area (Å²) in [6.45, 7) is 7.52. The maximum atomic E-state index is 5.30. The number of nitrogens with zero attached hydrogens (tertiary/aromatic N) is 3. The Morgan fingerprint density at radius 3 is 2.79 bits per heavy atom. The van der Waals surface area contributed by atoms with Crippen molar-refractivity contribution in [3.63, 3.8) is 0 Å². The van der Waals surface area contributed by atoms with Crippen molar-refractivity contribution >= 4 is 0 Å². The number of furan rings is 1. The Bertz CT molecular complexity index is 511. The predicted octanol–water partition coefficient (Wildman–Crippen LogP) is 2.81. The molecule has 0 aromatic carbocycles. The van der Waals surface area contributed by atoms with Crippen LogP contribution in [0, 0.1) is 11.8 Å². The average molecular weight is 261 g/mol. The summed E-state index contributed by atoms with van der Waals surface area (Å²) in [6.07, 6.45) is 2.91. The van der Waals surface area contributed by atoms with Crippen LogP contribution in [0.3, 0.4) is 0 Å². The number of hydrogen-bond donors (Lipinski definition) is 0. The van der Waals surface area contributed by atoms with Gasteiger partial charge in [0.2, 0.25) is 11.7 Å². The van der Waals surface area contributed by atoms with Crippen LogP contribution in [0.4, 0.5) is 0 Å². The summed E-state index contributed by atoms with van der Waals surface area (Å²) in [4.78, 5) is 6.77. The molecule has 2 aromatic heterocycles. The molecule has 0 spiro atoms. The molecule has 1 aliphatic heterocycles. The molecule has 2 unspecified atom stereocenters. The summed E-state index contributed by atoms with van der Waals surface area (Å²) in [7, 11) is 0. The van der Waals surface area contributed by atoms with Crippen LogP contribution in [0.2, 0.25) is 0 Å².